The Morgan fingerprint density at radius 2 is 2.20 bits per heavy atom. The SMILES string of the molecule is CCC(CCO)NC(=O)c1cc(C)cc([N+](=O)[O-])c1N. The molecular formula is C13H19N3O4. The Kier molecular flexibility index (Phi) is 5.45. The van der Waals surface area contributed by atoms with E-state index in [2.05, 4.69) is 5.32 Å². The first-order chi connectivity index (χ1) is 9.40. The van der Waals surface area contributed by atoms with Crippen LogP contribution in [0.5, 0.6) is 0 Å². The Morgan fingerprint density at radius 1 is 1.55 bits per heavy atom. The van der Waals surface area contributed by atoms with Gasteiger partial charge in [-0.25, -0.2) is 0 Å². The van der Waals surface area contributed by atoms with E-state index < -0.39 is 10.8 Å². The molecule has 7 heteroatoms. The lowest BCUT2D eigenvalue weighted by molar-refractivity contribution is -0.384. The second-order valence-electron chi connectivity index (χ2n) is 4.59. The molecule has 0 spiro atoms. The average Bonchev–Trinajstić information content (AvgIpc) is 2.39. The lowest BCUT2D eigenvalue weighted by Crippen LogP contribution is -2.35. The fourth-order valence-electron chi connectivity index (χ4n) is 1.91. The van der Waals surface area contributed by atoms with Gasteiger partial charge < -0.3 is 16.2 Å². The van der Waals surface area contributed by atoms with Crippen LogP contribution in [-0.4, -0.2) is 28.6 Å². The summed E-state index contributed by atoms with van der Waals surface area (Å²) in [7, 11) is 0. The van der Waals surface area contributed by atoms with E-state index in [1.54, 1.807) is 6.92 Å². The Bertz CT molecular complexity index is 517. The molecule has 0 heterocycles. The van der Waals surface area contributed by atoms with Gasteiger partial charge in [0.2, 0.25) is 0 Å². The molecular weight excluding hydrogens is 262 g/mol. The second-order valence-corrected chi connectivity index (χ2v) is 4.59. The largest absolute Gasteiger partial charge is 0.396 e. The summed E-state index contributed by atoms with van der Waals surface area (Å²) in [5.74, 6) is -0.463. The molecule has 1 atom stereocenters. The topological polar surface area (TPSA) is 118 Å². The molecule has 1 rings (SSSR count). The number of nitrogens with zero attached hydrogens (tertiary/aromatic N) is 1. The zero-order valence-electron chi connectivity index (χ0n) is 11.5. The van der Waals surface area contributed by atoms with Gasteiger partial charge in [0.15, 0.2) is 0 Å². The van der Waals surface area contributed by atoms with Crippen LogP contribution < -0.4 is 11.1 Å². The molecule has 1 aromatic carbocycles. The maximum absolute atomic E-state index is 12.1. The van der Waals surface area contributed by atoms with E-state index >= 15 is 0 Å². The van der Waals surface area contributed by atoms with E-state index in [0.717, 1.165) is 0 Å². The number of aryl methyl sites for hydroxylation is 1. The number of nitro benzene ring substituents is 1. The van der Waals surface area contributed by atoms with Crippen LogP contribution in [0.2, 0.25) is 0 Å². The molecule has 0 aliphatic heterocycles. The summed E-state index contributed by atoms with van der Waals surface area (Å²) in [6, 6.07) is 2.66. The number of benzene rings is 1. The molecule has 4 N–H and O–H groups in total. The van der Waals surface area contributed by atoms with Crippen LogP contribution in [0.3, 0.4) is 0 Å². The number of nitro groups is 1. The third kappa shape index (κ3) is 3.67. The molecule has 1 aromatic rings. The summed E-state index contributed by atoms with van der Waals surface area (Å²) >= 11 is 0. The zero-order chi connectivity index (χ0) is 15.3. The lowest BCUT2D eigenvalue weighted by Gasteiger charge is -2.16. The number of aliphatic hydroxyl groups is 1. The number of nitrogens with two attached hydrogens (primary N) is 1. The van der Waals surface area contributed by atoms with Crippen LogP contribution in [-0.2, 0) is 0 Å². The maximum atomic E-state index is 12.1. The van der Waals surface area contributed by atoms with E-state index in [-0.39, 0.29) is 29.6 Å². The van der Waals surface area contributed by atoms with E-state index in [0.29, 0.717) is 18.4 Å². The van der Waals surface area contributed by atoms with Crippen LogP contribution in [0.1, 0.15) is 35.7 Å². The van der Waals surface area contributed by atoms with Gasteiger partial charge in [0.25, 0.3) is 11.6 Å². The summed E-state index contributed by atoms with van der Waals surface area (Å²) in [5, 5.41) is 22.5. The van der Waals surface area contributed by atoms with Gasteiger partial charge in [-0.1, -0.05) is 6.92 Å². The van der Waals surface area contributed by atoms with Crippen LogP contribution >= 0.6 is 0 Å². The highest BCUT2D eigenvalue weighted by molar-refractivity contribution is 6.01. The third-order valence-electron chi connectivity index (χ3n) is 3.05. The fraction of sp³-hybridized carbons (Fsp3) is 0.462. The van der Waals surface area contributed by atoms with Crippen LogP contribution in [0.25, 0.3) is 0 Å². The number of aliphatic hydroxyl groups excluding tert-OH is 1. The zero-order valence-corrected chi connectivity index (χ0v) is 11.5. The molecule has 1 amide bonds. The van der Waals surface area contributed by atoms with Crippen LogP contribution in [0, 0.1) is 17.0 Å². The quantitative estimate of drug-likeness (QED) is 0.413. The normalized spacial score (nSPS) is 11.9. The molecule has 7 nitrogen and oxygen atoms in total. The molecule has 20 heavy (non-hydrogen) atoms. The van der Waals surface area contributed by atoms with Gasteiger partial charge in [-0.3, -0.25) is 14.9 Å². The number of nitrogen functional groups attached to an aromatic ring is 1. The first kappa shape index (κ1) is 15.9. The van der Waals surface area contributed by atoms with Crippen molar-refractivity contribution in [3.63, 3.8) is 0 Å². The van der Waals surface area contributed by atoms with E-state index in [4.69, 9.17) is 10.8 Å². The third-order valence-corrected chi connectivity index (χ3v) is 3.05. The standard InChI is InChI=1S/C13H19N3O4/c1-3-9(4-5-17)15-13(18)10-6-8(2)7-11(12(10)14)16(19)20/h6-7,9,17H,3-5,14H2,1-2H3,(H,15,18). The van der Waals surface area contributed by atoms with E-state index in [1.807, 2.05) is 6.92 Å². The van der Waals surface area contributed by atoms with Gasteiger partial charge in [0.1, 0.15) is 5.69 Å². The molecule has 110 valence electrons. The van der Waals surface area contributed by atoms with Crippen molar-refractivity contribution in [2.45, 2.75) is 32.7 Å². The Balaban J connectivity index is 3.06. The van der Waals surface area contributed by atoms with Gasteiger partial charge in [-0.15, -0.1) is 0 Å². The molecule has 1 unspecified atom stereocenters. The molecule has 0 aliphatic rings. The van der Waals surface area contributed by atoms with Crippen molar-refractivity contribution >= 4 is 17.3 Å². The van der Waals surface area contributed by atoms with Crippen molar-refractivity contribution in [1.29, 1.82) is 0 Å². The van der Waals surface area contributed by atoms with Gasteiger partial charge in [-0.2, -0.15) is 0 Å². The molecule has 0 saturated carbocycles. The van der Waals surface area contributed by atoms with Crippen molar-refractivity contribution in [1.82, 2.24) is 5.32 Å². The van der Waals surface area contributed by atoms with Gasteiger partial charge >= 0.3 is 0 Å². The van der Waals surface area contributed by atoms with Gasteiger partial charge in [0, 0.05) is 18.7 Å². The predicted octanol–water partition coefficient (Wildman–Crippen LogP) is 1.38. The number of nitrogens with one attached hydrogen (secondary N) is 1. The number of anilines is 1. The first-order valence-electron chi connectivity index (χ1n) is 6.36. The fourth-order valence-corrected chi connectivity index (χ4v) is 1.91. The molecule has 0 aromatic heterocycles. The predicted molar refractivity (Wildman–Crippen MR) is 75.5 cm³/mol. The number of carbonyl (C=O) groups is 1. The molecule has 0 saturated heterocycles. The first-order valence-corrected chi connectivity index (χ1v) is 6.36. The van der Waals surface area contributed by atoms with Crippen LogP contribution in [0.4, 0.5) is 11.4 Å². The van der Waals surface area contributed by atoms with Crippen molar-refractivity contribution < 1.29 is 14.8 Å². The highest BCUT2D eigenvalue weighted by Gasteiger charge is 2.21. The smallest absolute Gasteiger partial charge is 0.293 e. The van der Waals surface area contributed by atoms with Crippen LogP contribution in [0.15, 0.2) is 12.1 Å². The van der Waals surface area contributed by atoms with Gasteiger partial charge in [0.05, 0.1) is 10.5 Å². The highest BCUT2D eigenvalue weighted by Crippen LogP contribution is 2.27. The Morgan fingerprint density at radius 3 is 2.70 bits per heavy atom. The monoisotopic (exact) mass is 281 g/mol. The summed E-state index contributed by atoms with van der Waals surface area (Å²) < 4.78 is 0. The van der Waals surface area contributed by atoms with E-state index in [9.17, 15) is 14.9 Å². The van der Waals surface area contributed by atoms with E-state index in [1.165, 1.54) is 12.1 Å². The van der Waals surface area contributed by atoms with Crippen molar-refractivity contribution in [2.24, 2.45) is 0 Å². The van der Waals surface area contributed by atoms with Gasteiger partial charge in [-0.05, 0) is 31.4 Å². The highest BCUT2D eigenvalue weighted by atomic mass is 16.6. The minimum Gasteiger partial charge on any atom is -0.396 e. The number of hydrogen-bond acceptors (Lipinski definition) is 5. The Hall–Kier alpha value is -2.15. The van der Waals surface area contributed by atoms with Crippen molar-refractivity contribution in [3.8, 4) is 0 Å². The summed E-state index contributed by atoms with van der Waals surface area (Å²) in [5.41, 5.74) is 5.96. The molecule has 0 radical (unpaired) electrons. The minimum absolute atomic E-state index is 0.0395. The maximum Gasteiger partial charge on any atom is 0.293 e. The molecule has 0 fully saturated rings. The average molecular weight is 281 g/mol. The number of hydrogen-bond donors (Lipinski definition) is 3. The lowest BCUT2D eigenvalue weighted by atomic mass is 10.1. The summed E-state index contributed by atoms with van der Waals surface area (Å²) in [6.07, 6.45) is 1.08. The summed E-state index contributed by atoms with van der Waals surface area (Å²) in [4.78, 5) is 22.4. The number of rotatable bonds is 6. The molecule has 0 bridgehead atoms. The number of carbonyl (C=O) groups excluding carboxylic acids is 1. The van der Waals surface area contributed by atoms with Crippen molar-refractivity contribution in [3.05, 3.63) is 33.4 Å². The second kappa shape index (κ2) is 6.85. The van der Waals surface area contributed by atoms with Crippen molar-refractivity contribution in [2.75, 3.05) is 12.3 Å². The number of amides is 1. The Labute approximate surface area is 116 Å². The summed E-state index contributed by atoms with van der Waals surface area (Å²) in [6.45, 7) is 3.50. The molecule has 0 aliphatic carbocycles. The minimum atomic E-state index is -0.607.